The van der Waals surface area contributed by atoms with Crippen LogP contribution in [0, 0.1) is 11.3 Å². The summed E-state index contributed by atoms with van der Waals surface area (Å²) in [6.07, 6.45) is 6.59. The monoisotopic (exact) mass is 279 g/mol. The minimum atomic E-state index is -0.296. The molecule has 0 aromatic heterocycles. The van der Waals surface area contributed by atoms with Gasteiger partial charge in [-0.2, -0.15) is 5.26 Å². The van der Waals surface area contributed by atoms with Crippen molar-refractivity contribution >= 4 is 0 Å². The molecule has 0 aromatic carbocycles. The van der Waals surface area contributed by atoms with Crippen molar-refractivity contribution in [3.8, 4) is 6.07 Å². The number of nitrogens with zero attached hydrogens (tertiary/aromatic N) is 2. The lowest BCUT2D eigenvalue weighted by atomic mass is 9.91. The zero-order chi connectivity index (χ0) is 14.4. The lowest BCUT2D eigenvalue weighted by Crippen LogP contribution is -2.47. The first kappa shape index (κ1) is 15.8. The van der Waals surface area contributed by atoms with Crippen LogP contribution in [0.15, 0.2) is 0 Å². The molecule has 2 atom stereocenters. The highest BCUT2D eigenvalue weighted by Gasteiger charge is 2.34. The molecule has 1 aliphatic carbocycles. The third-order valence-electron chi connectivity index (χ3n) is 4.74. The zero-order valence-corrected chi connectivity index (χ0v) is 13.0. The van der Waals surface area contributed by atoms with Gasteiger partial charge in [0.05, 0.1) is 19.3 Å². The molecule has 1 saturated heterocycles. The summed E-state index contributed by atoms with van der Waals surface area (Å²) in [6.45, 7) is 8.22. The van der Waals surface area contributed by atoms with Gasteiger partial charge in [0, 0.05) is 18.6 Å². The van der Waals surface area contributed by atoms with Gasteiger partial charge in [0.2, 0.25) is 0 Å². The summed E-state index contributed by atoms with van der Waals surface area (Å²) in [5.41, 5.74) is -0.296. The first-order valence-corrected chi connectivity index (χ1v) is 8.23. The van der Waals surface area contributed by atoms with E-state index in [1.807, 2.05) is 0 Å². The summed E-state index contributed by atoms with van der Waals surface area (Å²) in [5, 5.41) is 13.1. The zero-order valence-electron chi connectivity index (χ0n) is 13.0. The van der Waals surface area contributed by atoms with Crippen LogP contribution in [0.3, 0.4) is 0 Å². The second-order valence-electron chi connectivity index (χ2n) is 6.24. The van der Waals surface area contributed by atoms with E-state index < -0.39 is 0 Å². The molecule has 2 aliphatic rings. The molecule has 1 aliphatic heterocycles. The van der Waals surface area contributed by atoms with Crippen LogP contribution >= 0.6 is 0 Å². The van der Waals surface area contributed by atoms with Crippen LogP contribution in [0.25, 0.3) is 0 Å². The molecule has 114 valence electrons. The van der Waals surface area contributed by atoms with Gasteiger partial charge in [0.1, 0.15) is 5.54 Å². The molecule has 0 aromatic rings. The van der Waals surface area contributed by atoms with Crippen LogP contribution in [0.1, 0.15) is 52.4 Å². The molecule has 2 rings (SSSR count). The van der Waals surface area contributed by atoms with E-state index in [9.17, 15) is 5.26 Å². The number of hydrogen-bond acceptors (Lipinski definition) is 4. The van der Waals surface area contributed by atoms with Crippen LogP contribution in [0.4, 0.5) is 0 Å². The number of nitriles is 1. The Morgan fingerprint density at radius 1 is 1.40 bits per heavy atom. The van der Waals surface area contributed by atoms with Gasteiger partial charge in [-0.1, -0.05) is 13.8 Å². The molecule has 0 bridgehead atoms. The Labute approximate surface area is 123 Å². The first-order chi connectivity index (χ1) is 9.73. The van der Waals surface area contributed by atoms with E-state index in [4.69, 9.17) is 4.74 Å². The highest BCUT2D eigenvalue weighted by molar-refractivity contribution is 5.09. The van der Waals surface area contributed by atoms with Crippen LogP contribution in [0.2, 0.25) is 0 Å². The average Bonchev–Trinajstić information content (AvgIpc) is 3.30. The quantitative estimate of drug-likeness (QED) is 0.740. The molecule has 2 fully saturated rings. The Morgan fingerprint density at radius 2 is 2.20 bits per heavy atom. The van der Waals surface area contributed by atoms with E-state index in [1.54, 1.807) is 0 Å². The van der Waals surface area contributed by atoms with Crippen molar-refractivity contribution in [3.63, 3.8) is 0 Å². The summed E-state index contributed by atoms with van der Waals surface area (Å²) >= 11 is 0. The standard InChI is InChI=1S/C16H29N3O/c1-3-15-12-20-11-10-19(15)9-5-8-16(4-2,13-17)18-14-6-7-14/h14-15,18H,3-12H2,1-2H3. The van der Waals surface area contributed by atoms with Crippen molar-refractivity contribution in [2.24, 2.45) is 0 Å². The SMILES string of the molecule is CCC1COCCN1CCCC(C#N)(CC)NC1CC1. The Morgan fingerprint density at radius 3 is 2.80 bits per heavy atom. The lowest BCUT2D eigenvalue weighted by molar-refractivity contribution is -0.00969. The van der Waals surface area contributed by atoms with Gasteiger partial charge < -0.3 is 4.74 Å². The lowest BCUT2D eigenvalue weighted by Gasteiger charge is -2.36. The van der Waals surface area contributed by atoms with Gasteiger partial charge >= 0.3 is 0 Å². The molecule has 1 N–H and O–H groups in total. The Kier molecular flexibility index (Phi) is 5.83. The molecule has 1 heterocycles. The van der Waals surface area contributed by atoms with Crippen molar-refractivity contribution in [3.05, 3.63) is 0 Å². The number of rotatable bonds is 8. The van der Waals surface area contributed by atoms with Gasteiger partial charge in [-0.15, -0.1) is 0 Å². The maximum Gasteiger partial charge on any atom is 0.106 e. The molecule has 0 radical (unpaired) electrons. The van der Waals surface area contributed by atoms with Crippen molar-refractivity contribution in [1.82, 2.24) is 10.2 Å². The highest BCUT2D eigenvalue weighted by atomic mass is 16.5. The predicted octanol–water partition coefficient (Wildman–Crippen LogP) is 2.30. The van der Waals surface area contributed by atoms with E-state index in [0.717, 1.165) is 52.0 Å². The molecule has 1 saturated carbocycles. The van der Waals surface area contributed by atoms with E-state index >= 15 is 0 Å². The Hall–Kier alpha value is -0.630. The van der Waals surface area contributed by atoms with Crippen LogP contribution in [-0.2, 0) is 4.74 Å². The molecule has 0 amide bonds. The fraction of sp³-hybridized carbons (Fsp3) is 0.938. The minimum Gasteiger partial charge on any atom is -0.378 e. The van der Waals surface area contributed by atoms with Crippen molar-refractivity contribution in [2.45, 2.75) is 70.0 Å². The number of ether oxygens (including phenoxy) is 1. The highest BCUT2D eigenvalue weighted by Crippen LogP contribution is 2.27. The fourth-order valence-corrected chi connectivity index (χ4v) is 3.08. The minimum absolute atomic E-state index is 0.296. The van der Waals surface area contributed by atoms with Crippen LogP contribution < -0.4 is 5.32 Å². The molecular formula is C16H29N3O. The van der Waals surface area contributed by atoms with Crippen molar-refractivity contribution in [2.75, 3.05) is 26.3 Å². The van der Waals surface area contributed by atoms with Crippen LogP contribution in [0.5, 0.6) is 0 Å². The summed E-state index contributed by atoms with van der Waals surface area (Å²) < 4.78 is 5.55. The molecule has 0 spiro atoms. The van der Waals surface area contributed by atoms with E-state index in [0.29, 0.717) is 12.1 Å². The third-order valence-corrected chi connectivity index (χ3v) is 4.74. The van der Waals surface area contributed by atoms with Gasteiger partial charge in [0.15, 0.2) is 0 Å². The molecule has 4 heteroatoms. The first-order valence-electron chi connectivity index (χ1n) is 8.23. The van der Waals surface area contributed by atoms with Gasteiger partial charge in [-0.25, -0.2) is 0 Å². The van der Waals surface area contributed by atoms with Gasteiger partial charge in [0.25, 0.3) is 0 Å². The topological polar surface area (TPSA) is 48.3 Å². The predicted molar refractivity (Wildman–Crippen MR) is 80.5 cm³/mol. The fourth-order valence-electron chi connectivity index (χ4n) is 3.08. The van der Waals surface area contributed by atoms with Crippen molar-refractivity contribution < 1.29 is 4.74 Å². The normalized spacial score (nSPS) is 26.9. The van der Waals surface area contributed by atoms with Crippen molar-refractivity contribution in [1.29, 1.82) is 5.26 Å². The Balaban J connectivity index is 1.78. The number of nitrogens with one attached hydrogen (secondary N) is 1. The van der Waals surface area contributed by atoms with E-state index in [1.165, 1.54) is 12.8 Å². The second kappa shape index (κ2) is 7.40. The number of morpholine rings is 1. The summed E-state index contributed by atoms with van der Waals surface area (Å²) in [6, 6.07) is 3.71. The summed E-state index contributed by atoms with van der Waals surface area (Å²) in [5.74, 6) is 0. The smallest absolute Gasteiger partial charge is 0.106 e. The maximum atomic E-state index is 9.54. The third kappa shape index (κ3) is 4.18. The maximum absolute atomic E-state index is 9.54. The second-order valence-corrected chi connectivity index (χ2v) is 6.24. The number of hydrogen-bond donors (Lipinski definition) is 1. The van der Waals surface area contributed by atoms with Crippen LogP contribution in [-0.4, -0.2) is 48.8 Å². The van der Waals surface area contributed by atoms with Gasteiger partial charge in [-0.05, 0) is 45.1 Å². The molecule has 2 unspecified atom stereocenters. The van der Waals surface area contributed by atoms with E-state index in [-0.39, 0.29) is 5.54 Å². The largest absolute Gasteiger partial charge is 0.378 e. The summed E-state index contributed by atoms with van der Waals surface area (Å²) in [7, 11) is 0. The summed E-state index contributed by atoms with van der Waals surface area (Å²) in [4.78, 5) is 2.54. The van der Waals surface area contributed by atoms with E-state index in [2.05, 4.69) is 30.1 Å². The molecule has 20 heavy (non-hydrogen) atoms. The molecular weight excluding hydrogens is 250 g/mol. The van der Waals surface area contributed by atoms with Gasteiger partial charge in [-0.3, -0.25) is 10.2 Å². The molecule has 4 nitrogen and oxygen atoms in total. The average molecular weight is 279 g/mol. The Bertz CT molecular complexity index is 337.